The number of furan rings is 1. The van der Waals surface area contributed by atoms with E-state index in [9.17, 15) is 0 Å². The fourth-order valence-electron chi connectivity index (χ4n) is 1.44. The smallest absolute Gasteiger partial charge is 0.315 e. The average Bonchev–Trinajstić information content (AvgIpc) is 2.96. The monoisotopic (exact) mass is 250 g/mol. The normalized spacial score (nSPS) is 11.1. The Hall–Kier alpha value is -1.82. The van der Waals surface area contributed by atoms with Crippen LogP contribution in [0.3, 0.4) is 0 Å². The van der Waals surface area contributed by atoms with Gasteiger partial charge in [-0.25, -0.2) is 0 Å². The lowest BCUT2D eigenvalue weighted by Gasteiger charge is -2.03. The fourth-order valence-corrected chi connectivity index (χ4v) is 1.44. The van der Waals surface area contributed by atoms with Crippen molar-refractivity contribution in [1.29, 1.82) is 0 Å². The highest BCUT2D eigenvalue weighted by Crippen LogP contribution is 2.08. The first-order chi connectivity index (χ1) is 8.74. The molecule has 18 heavy (non-hydrogen) atoms. The van der Waals surface area contributed by atoms with Crippen LogP contribution in [0.4, 0.5) is 6.01 Å². The average molecular weight is 250 g/mol. The molecule has 2 aromatic rings. The van der Waals surface area contributed by atoms with Crippen molar-refractivity contribution >= 4 is 6.01 Å². The van der Waals surface area contributed by atoms with E-state index in [1.165, 1.54) is 0 Å². The Balaban J connectivity index is 1.75. The van der Waals surface area contributed by atoms with Crippen molar-refractivity contribution in [1.82, 2.24) is 15.5 Å². The Labute approximate surface area is 106 Å². The van der Waals surface area contributed by atoms with Gasteiger partial charge in [-0.15, -0.1) is 5.10 Å². The van der Waals surface area contributed by atoms with Gasteiger partial charge in [0.2, 0.25) is 5.89 Å². The molecule has 2 heterocycles. The molecule has 2 aromatic heterocycles. The van der Waals surface area contributed by atoms with E-state index >= 15 is 0 Å². The summed E-state index contributed by atoms with van der Waals surface area (Å²) < 4.78 is 10.6. The molecule has 0 aliphatic heterocycles. The maximum atomic E-state index is 5.43. The molecule has 2 rings (SSSR count). The van der Waals surface area contributed by atoms with Gasteiger partial charge in [0.1, 0.15) is 5.76 Å². The molecule has 0 aromatic carbocycles. The molecule has 0 atom stereocenters. The third kappa shape index (κ3) is 3.89. The second kappa shape index (κ2) is 6.20. The second-order valence-electron chi connectivity index (χ2n) is 4.46. The van der Waals surface area contributed by atoms with Crippen molar-refractivity contribution in [2.24, 2.45) is 5.92 Å². The van der Waals surface area contributed by atoms with Crippen molar-refractivity contribution in [2.45, 2.75) is 26.9 Å². The summed E-state index contributed by atoms with van der Waals surface area (Å²) in [5.41, 5.74) is 0. The predicted octanol–water partition coefficient (Wildman–Crippen LogP) is 2.02. The minimum absolute atomic E-state index is 0.410. The molecule has 2 N–H and O–H groups in total. The van der Waals surface area contributed by atoms with Crippen LogP contribution >= 0.6 is 0 Å². The van der Waals surface area contributed by atoms with Gasteiger partial charge in [-0.2, -0.15) is 0 Å². The number of nitrogens with one attached hydrogen (secondary N) is 2. The number of nitrogens with zero attached hydrogens (tertiary/aromatic N) is 2. The van der Waals surface area contributed by atoms with Crippen LogP contribution in [0.2, 0.25) is 0 Å². The second-order valence-corrected chi connectivity index (χ2v) is 4.46. The highest BCUT2D eigenvalue weighted by molar-refractivity contribution is 5.18. The maximum absolute atomic E-state index is 5.43. The van der Waals surface area contributed by atoms with Gasteiger partial charge in [0.05, 0.1) is 19.4 Å². The zero-order valence-corrected chi connectivity index (χ0v) is 10.6. The Morgan fingerprint density at radius 3 is 2.89 bits per heavy atom. The van der Waals surface area contributed by atoms with E-state index in [1.807, 2.05) is 12.1 Å². The topological polar surface area (TPSA) is 76.1 Å². The first-order valence-corrected chi connectivity index (χ1v) is 6.03. The SMILES string of the molecule is CC(C)CNCc1nnc(NCc2ccco2)o1. The predicted molar refractivity (Wildman–Crippen MR) is 66.9 cm³/mol. The molecule has 0 aliphatic rings. The highest BCUT2D eigenvalue weighted by atomic mass is 16.4. The quantitative estimate of drug-likeness (QED) is 0.783. The van der Waals surface area contributed by atoms with E-state index in [2.05, 4.69) is 34.7 Å². The van der Waals surface area contributed by atoms with Crippen molar-refractivity contribution in [3.63, 3.8) is 0 Å². The van der Waals surface area contributed by atoms with Crippen LogP contribution in [0, 0.1) is 5.92 Å². The summed E-state index contributed by atoms with van der Waals surface area (Å²) in [6.45, 7) is 6.35. The van der Waals surface area contributed by atoms with Gasteiger partial charge in [0, 0.05) is 0 Å². The molecule has 0 saturated carbocycles. The van der Waals surface area contributed by atoms with Crippen molar-refractivity contribution in [2.75, 3.05) is 11.9 Å². The van der Waals surface area contributed by atoms with Gasteiger partial charge in [0.25, 0.3) is 0 Å². The Bertz CT molecular complexity index is 450. The van der Waals surface area contributed by atoms with Gasteiger partial charge in [-0.1, -0.05) is 18.9 Å². The van der Waals surface area contributed by atoms with Gasteiger partial charge in [0.15, 0.2) is 0 Å². The highest BCUT2D eigenvalue weighted by Gasteiger charge is 2.06. The molecular formula is C12H18N4O2. The van der Waals surface area contributed by atoms with Crippen LogP contribution < -0.4 is 10.6 Å². The van der Waals surface area contributed by atoms with Gasteiger partial charge in [-0.05, 0) is 24.6 Å². The molecule has 0 spiro atoms. The molecule has 0 unspecified atom stereocenters. The molecule has 0 bridgehead atoms. The number of hydrogen-bond acceptors (Lipinski definition) is 6. The van der Waals surface area contributed by atoms with E-state index in [0.29, 0.717) is 30.9 Å². The molecule has 0 fully saturated rings. The Kier molecular flexibility index (Phi) is 4.35. The summed E-state index contributed by atoms with van der Waals surface area (Å²) in [6.07, 6.45) is 1.63. The van der Waals surface area contributed by atoms with E-state index < -0.39 is 0 Å². The number of anilines is 1. The van der Waals surface area contributed by atoms with Crippen LogP contribution in [0.25, 0.3) is 0 Å². The zero-order chi connectivity index (χ0) is 12.8. The summed E-state index contributed by atoms with van der Waals surface area (Å²) in [7, 11) is 0. The van der Waals surface area contributed by atoms with Crippen molar-refractivity contribution in [3.05, 3.63) is 30.0 Å². The maximum Gasteiger partial charge on any atom is 0.315 e. The number of rotatable bonds is 7. The molecule has 6 heteroatoms. The third-order valence-corrected chi connectivity index (χ3v) is 2.29. The molecule has 98 valence electrons. The first kappa shape index (κ1) is 12.6. The van der Waals surface area contributed by atoms with Crippen molar-refractivity contribution < 1.29 is 8.83 Å². The Morgan fingerprint density at radius 2 is 2.17 bits per heavy atom. The molecule has 6 nitrogen and oxygen atoms in total. The van der Waals surface area contributed by atoms with Crippen LogP contribution in [0.1, 0.15) is 25.5 Å². The lowest BCUT2D eigenvalue weighted by atomic mass is 10.2. The molecule has 0 amide bonds. The summed E-state index contributed by atoms with van der Waals surface area (Å²) in [5.74, 6) is 2.01. The lowest BCUT2D eigenvalue weighted by Crippen LogP contribution is -2.19. The first-order valence-electron chi connectivity index (χ1n) is 6.03. The molecular weight excluding hydrogens is 232 g/mol. The molecule has 0 radical (unpaired) electrons. The minimum atomic E-state index is 0.410. The number of aromatic nitrogens is 2. The standard InChI is InChI=1S/C12H18N4O2/c1-9(2)6-13-8-11-15-16-12(18-11)14-7-10-4-3-5-17-10/h3-5,9,13H,6-8H2,1-2H3,(H,14,16). The van der Waals surface area contributed by atoms with Crippen LogP contribution in [-0.2, 0) is 13.1 Å². The van der Waals surface area contributed by atoms with Crippen LogP contribution in [0.15, 0.2) is 27.2 Å². The van der Waals surface area contributed by atoms with E-state index in [1.54, 1.807) is 6.26 Å². The Morgan fingerprint density at radius 1 is 1.28 bits per heavy atom. The zero-order valence-electron chi connectivity index (χ0n) is 10.6. The van der Waals surface area contributed by atoms with Gasteiger partial charge in [-0.3, -0.25) is 0 Å². The fraction of sp³-hybridized carbons (Fsp3) is 0.500. The van der Waals surface area contributed by atoms with Crippen LogP contribution in [0.5, 0.6) is 0 Å². The van der Waals surface area contributed by atoms with Gasteiger partial charge < -0.3 is 19.5 Å². The van der Waals surface area contributed by atoms with E-state index in [0.717, 1.165) is 12.3 Å². The van der Waals surface area contributed by atoms with Crippen LogP contribution in [-0.4, -0.2) is 16.7 Å². The largest absolute Gasteiger partial charge is 0.467 e. The summed E-state index contributed by atoms with van der Waals surface area (Å²) in [6, 6.07) is 4.13. The minimum Gasteiger partial charge on any atom is -0.467 e. The summed E-state index contributed by atoms with van der Waals surface area (Å²) >= 11 is 0. The third-order valence-electron chi connectivity index (χ3n) is 2.29. The van der Waals surface area contributed by atoms with Gasteiger partial charge >= 0.3 is 6.01 Å². The molecule has 0 saturated heterocycles. The number of hydrogen-bond donors (Lipinski definition) is 2. The van der Waals surface area contributed by atoms with E-state index in [-0.39, 0.29) is 0 Å². The summed E-state index contributed by atoms with van der Waals surface area (Å²) in [4.78, 5) is 0. The lowest BCUT2D eigenvalue weighted by molar-refractivity contribution is 0.455. The van der Waals surface area contributed by atoms with E-state index in [4.69, 9.17) is 8.83 Å². The molecule has 0 aliphatic carbocycles. The summed E-state index contributed by atoms with van der Waals surface area (Å²) in [5, 5.41) is 14.1. The van der Waals surface area contributed by atoms with Crippen molar-refractivity contribution in [3.8, 4) is 0 Å².